The third-order valence-electron chi connectivity index (χ3n) is 2.90. The predicted molar refractivity (Wildman–Crippen MR) is 81.1 cm³/mol. The number of carboxylic acid groups (broad SMARTS) is 1. The van der Waals surface area contributed by atoms with Gasteiger partial charge in [-0.1, -0.05) is 13.8 Å². The maximum atomic E-state index is 11.9. The highest BCUT2D eigenvalue weighted by Crippen LogP contribution is 2.10. The van der Waals surface area contributed by atoms with Crippen LogP contribution in [0.25, 0.3) is 0 Å². The first-order valence-corrected chi connectivity index (χ1v) is 8.34. The lowest BCUT2D eigenvalue weighted by atomic mass is 10.1. The largest absolute Gasteiger partial charge is 0.481 e. The van der Waals surface area contributed by atoms with Crippen LogP contribution in [0.5, 0.6) is 0 Å². The van der Waals surface area contributed by atoms with E-state index in [-0.39, 0.29) is 36.2 Å². The van der Waals surface area contributed by atoms with Gasteiger partial charge in [-0.3, -0.25) is 9.59 Å². The molecule has 1 aromatic rings. The van der Waals surface area contributed by atoms with Gasteiger partial charge < -0.3 is 10.4 Å². The molecule has 1 rings (SSSR count). The summed E-state index contributed by atoms with van der Waals surface area (Å²) >= 11 is 0. The molecule has 1 amide bonds. The Morgan fingerprint density at radius 1 is 1.23 bits per heavy atom. The van der Waals surface area contributed by atoms with E-state index in [1.54, 1.807) is 13.8 Å². The first-order valence-electron chi connectivity index (χ1n) is 6.86. The van der Waals surface area contributed by atoms with E-state index in [9.17, 15) is 18.0 Å². The summed E-state index contributed by atoms with van der Waals surface area (Å²) in [5.74, 6) is -1.47. The Morgan fingerprint density at radius 3 is 2.32 bits per heavy atom. The van der Waals surface area contributed by atoms with E-state index in [2.05, 4.69) is 10.0 Å². The highest BCUT2D eigenvalue weighted by atomic mass is 32.2. The fourth-order valence-corrected chi connectivity index (χ4v) is 2.84. The molecule has 0 fully saturated rings. The second kappa shape index (κ2) is 7.90. The monoisotopic (exact) mass is 328 g/mol. The Bertz CT molecular complexity index is 625. The van der Waals surface area contributed by atoms with E-state index in [1.807, 2.05) is 0 Å². The summed E-state index contributed by atoms with van der Waals surface area (Å²) in [5, 5.41) is 11.3. The van der Waals surface area contributed by atoms with Crippen molar-refractivity contribution in [3.63, 3.8) is 0 Å². The molecule has 22 heavy (non-hydrogen) atoms. The molecule has 1 unspecified atom stereocenters. The van der Waals surface area contributed by atoms with Gasteiger partial charge in [-0.15, -0.1) is 0 Å². The van der Waals surface area contributed by atoms with Gasteiger partial charge in [-0.05, 0) is 30.2 Å². The molecule has 0 aliphatic rings. The van der Waals surface area contributed by atoms with Crippen LogP contribution in [0.2, 0.25) is 0 Å². The summed E-state index contributed by atoms with van der Waals surface area (Å²) in [4.78, 5) is 22.5. The van der Waals surface area contributed by atoms with Crippen LogP contribution in [-0.2, 0) is 14.8 Å². The van der Waals surface area contributed by atoms with Crippen LogP contribution in [-0.4, -0.2) is 38.5 Å². The number of hydrogen-bond donors (Lipinski definition) is 3. The van der Waals surface area contributed by atoms with Crippen LogP contribution in [0.4, 0.5) is 0 Å². The van der Waals surface area contributed by atoms with E-state index < -0.39 is 16.0 Å². The van der Waals surface area contributed by atoms with Crippen molar-refractivity contribution in [2.75, 3.05) is 13.1 Å². The zero-order valence-corrected chi connectivity index (χ0v) is 13.3. The second-order valence-corrected chi connectivity index (χ2v) is 6.71. The van der Waals surface area contributed by atoms with Gasteiger partial charge in [0, 0.05) is 25.1 Å². The zero-order valence-electron chi connectivity index (χ0n) is 12.5. The van der Waals surface area contributed by atoms with E-state index in [0.29, 0.717) is 5.56 Å². The number of amides is 1. The maximum Gasteiger partial charge on any atom is 0.303 e. The van der Waals surface area contributed by atoms with Crippen molar-refractivity contribution in [3.05, 3.63) is 29.8 Å². The molecule has 8 heteroatoms. The van der Waals surface area contributed by atoms with Crippen LogP contribution >= 0.6 is 0 Å². The van der Waals surface area contributed by atoms with E-state index in [4.69, 9.17) is 5.11 Å². The van der Waals surface area contributed by atoms with Gasteiger partial charge in [0.1, 0.15) is 0 Å². The first kappa shape index (κ1) is 18.1. The van der Waals surface area contributed by atoms with Crippen LogP contribution < -0.4 is 10.0 Å². The van der Waals surface area contributed by atoms with E-state index >= 15 is 0 Å². The van der Waals surface area contributed by atoms with Gasteiger partial charge in [0.15, 0.2) is 0 Å². The van der Waals surface area contributed by atoms with Crippen molar-refractivity contribution in [2.24, 2.45) is 5.92 Å². The summed E-state index contributed by atoms with van der Waals surface area (Å²) in [6.07, 6.45) is -0.0276. The van der Waals surface area contributed by atoms with Crippen molar-refractivity contribution in [3.8, 4) is 0 Å². The minimum Gasteiger partial charge on any atom is -0.481 e. The Hall–Kier alpha value is -1.93. The molecule has 0 heterocycles. The van der Waals surface area contributed by atoms with Crippen molar-refractivity contribution in [1.82, 2.24) is 10.0 Å². The van der Waals surface area contributed by atoms with E-state index in [0.717, 1.165) is 0 Å². The molecule has 0 saturated heterocycles. The molecule has 0 bridgehead atoms. The van der Waals surface area contributed by atoms with Crippen LogP contribution in [0.3, 0.4) is 0 Å². The van der Waals surface area contributed by atoms with Gasteiger partial charge in [-0.25, -0.2) is 13.1 Å². The molecular formula is C14H20N2O5S. The Labute approximate surface area is 129 Å². The molecule has 0 spiro atoms. The van der Waals surface area contributed by atoms with Crippen LogP contribution in [0.15, 0.2) is 29.2 Å². The lowest BCUT2D eigenvalue weighted by Crippen LogP contribution is -2.29. The molecule has 3 N–H and O–H groups in total. The normalized spacial score (nSPS) is 12.6. The smallest absolute Gasteiger partial charge is 0.303 e. The predicted octanol–water partition coefficient (Wildman–Crippen LogP) is 0.825. The average molecular weight is 328 g/mol. The van der Waals surface area contributed by atoms with Gasteiger partial charge in [0.05, 0.1) is 4.90 Å². The second-order valence-electron chi connectivity index (χ2n) is 4.94. The number of benzene rings is 1. The first-order chi connectivity index (χ1) is 10.3. The lowest BCUT2D eigenvalue weighted by Gasteiger charge is -2.11. The summed E-state index contributed by atoms with van der Waals surface area (Å²) in [5.41, 5.74) is 0.318. The van der Waals surface area contributed by atoms with E-state index in [1.165, 1.54) is 24.3 Å². The summed E-state index contributed by atoms with van der Waals surface area (Å²) in [6, 6.07) is 5.55. The quantitative estimate of drug-likeness (QED) is 0.654. The summed E-state index contributed by atoms with van der Waals surface area (Å²) in [7, 11) is -3.54. The molecule has 0 aliphatic carbocycles. The van der Waals surface area contributed by atoms with Crippen molar-refractivity contribution in [1.29, 1.82) is 0 Å². The van der Waals surface area contributed by atoms with Gasteiger partial charge in [-0.2, -0.15) is 0 Å². The molecule has 0 aliphatic heterocycles. The number of rotatable bonds is 8. The number of carboxylic acids is 1. The Morgan fingerprint density at radius 2 is 1.82 bits per heavy atom. The number of aliphatic carboxylic acids is 1. The molecule has 1 atom stereocenters. The van der Waals surface area contributed by atoms with Crippen LogP contribution in [0, 0.1) is 5.92 Å². The zero-order chi connectivity index (χ0) is 16.8. The van der Waals surface area contributed by atoms with Gasteiger partial charge >= 0.3 is 5.97 Å². The maximum absolute atomic E-state index is 11.9. The molecule has 7 nitrogen and oxygen atoms in total. The molecular weight excluding hydrogens is 308 g/mol. The number of carbonyl (C=O) groups is 2. The fraction of sp³-hybridized carbons (Fsp3) is 0.429. The standard InChI is InChI=1S/C14H20N2O5S/c1-3-16-22(20,21)12-6-4-11(5-7-12)14(19)15-9-10(2)8-13(17)18/h4-7,10,16H,3,8-9H2,1-2H3,(H,15,19)(H,17,18). The molecule has 1 aromatic carbocycles. The third kappa shape index (κ3) is 5.45. The Kier molecular flexibility index (Phi) is 6.51. The van der Waals surface area contributed by atoms with Crippen molar-refractivity contribution < 1.29 is 23.1 Å². The SMILES string of the molecule is CCNS(=O)(=O)c1ccc(C(=O)NCC(C)CC(=O)O)cc1. The fourth-order valence-electron chi connectivity index (χ4n) is 1.80. The number of sulfonamides is 1. The minimum absolute atomic E-state index is 0.0276. The van der Waals surface area contributed by atoms with Crippen molar-refractivity contribution >= 4 is 21.9 Å². The topological polar surface area (TPSA) is 113 Å². The van der Waals surface area contributed by atoms with Gasteiger partial charge in [0.25, 0.3) is 5.91 Å². The lowest BCUT2D eigenvalue weighted by molar-refractivity contribution is -0.137. The summed E-state index contributed by atoms with van der Waals surface area (Å²) in [6.45, 7) is 3.92. The summed E-state index contributed by atoms with van der Waals surface area (Å²) < 4.78 is 25.9. The van der Waals surface area contributed by atoms with Crippen molar-refractivity contribution in [2.45, 2.75) is 25.2 Å². The number of hydrogen-bond acceptors (Lipinski definition) is 4. The van der Waals surface area contributed by atoms with Gasteiger partial charge in [0.2, 0.25) is 10.0 Å². The van der Waals surface area contributed by atoms with Crippen LogP contribution in [0.1, 0.15) is 30.6 Å². The highest BCUT2D eigenvalue weighted by molar-refractivity contribution is 7.89. The molecule has 122 valence electrons. The molecule has 0 saturated carbocycles. The molecule has 0 aromatic heterocycles. The highest BCUT2D eigenvalue weighted by Gasteiger charge is 2.14. The minimum atomic E-state index is -3.54. The number of nitrogens with one attached hydrogen (secondary N) is 2. The average Bonchev–Trinajstić information content (AvgIpc) is 2.44. The third-order valence-corrected chi connectivity index (χ3v) is 4.46. The molecule has 0 radical (unpaired) electrons. The Balaban J connectivity index is 2.67. The number of carbonyl (C=O) groups excluding carboxylic acids is 1.